The molecule has 1 aliphatic heterocycles. The lowest BCUT2D eigenvalue weighted by molar-refractivity contribution is -0.384. The second kappa shape index (κ2) is 5.88. The van der Waals surface area contributed by atoms with Gasteiger partial charge in [0.25, 0.3) is 17.5 Å². The van der Waals surface area contributed by atoms with Gasteiger partial charge in [-0.3, -0.25) is 24.6 Å². The monoisotopic (exact) mass is 312 g/mol. The van der Waals surface area contributed by atoms with Crippen molar-refractivity contribution in [1.82, 2.24) is 4.90 Å². The first-order chi connectivity index (χ1) is 11.1. The van der Waals surface area contributed by atoms with Gasteiger partial charge in [0, 0.05) is 6.07 Å². The number of nitro groups is 1. The molecule has 0 saturated carbocycles. The Morgan fingerprint density at radius 3 is 2.26 bits per heavy atom. The molecule has 7 nitrogen and oxygen atoms in total. The quantitative estimate of drug-likeness (QED) is 0.480. The number of nitrogens with zero attached hydrogens (tertiary/aromatic N) is 2. The van der Waals surface area contributed by atoms with Gasteiger partial charge in [0.15, 0.2) is 0 Å². The highest BCUT2D eigenvalue weighted by Crippen LogP contribution is 2.23. The van der Waals surface area contributed by atoms with E-state index in [0.29, 0.717) is 16.9 Å². The van der Waals surface area contributed by atoms with E-state index in [4.69, 9.17) is 4.74 Å². The number of benzene rings is 2. The molecule has 0 unspecified atom stereocenters. The van der Waals surface area contributed by atoms with Crippen LogP contribution in [0.15, 0.2) is 48.5 Å². The van der Waals surface area contributed by atoms with Gasteiger partial charge in [-0.15, -0.1) is 0 Å². The van der Waals surface area contributed by atoms with E-state index in [9.17, 15) is 19.7 Å². The molecule has 23 heavy (non-hydrogen) atoms. The van der Waals surface area contributed by atoms with E-state index in [1.807, 2.05) is 0 Å². The Hall–Kier alpha value is -3.22. The van der Waals surface area contributed by atoms with Crippen molar-refractivity contribution in [1.29, 1.82) is 0 Å². The van der Waals surface area contributed by atoms with Crippen LogP contribution in [0.25, 0.3) is 0 Å². The summed E-state index contributed by atoms with van der Waals surface area (Å²) in [5.74, 6) is -0.391. The number of nitro benzene ring substituents is 1. The van der Waals surface area contributed by atoms with E-state index in [2.05, 4.69) is 0 Å². The molecule has 1 heterocycles. The van der Waals surface area contributed by atoms with Crippen molar-refractivity contribution in [2.75, 3.05) is 13.2 Å². The summed E-state index contributed by atoms with van der Waals surface area (Å²) < 4.78 is 5.40. The van der Waals surface area contributed by atoms with Crippen LogP contribution in [-0.4, -0.2) is 34.8 Å². The number of non-ortho nitro benzene ring substituents is 1. The van der Waals surface area contributed by atoms with Crippen molar-refractivity contribution in [2.24, 2.45) is 0 Å². The number of imide groups is 1. The maximum atomic E-state index is 12.2. The van der Waals surface area contributed by atoms with E-state index in [-0.39, 0.29) is 30.7 Å². The van der Waals surface area contributed by atoms with E-state index < -0.39 is 4.92 Å². The number of hydrogen-bond donors (Lipinski definition) is 0. The number of rotatable bonds is 5. The molecular formula is C16H12N2O5. The highest BCUT2D eigenvalue weighted by molar-refractivity contribution is 6.21. The second-order valence-corrected chi connectivity index (χ2v) is 4.91. The van der Waals surface area contributed by atoms with Gasteiger partial charge in [0.05, 0.1) is 28.7 Å². The van der Waals surface area contributed by atoms with Crippen molar-refractivity contribution >= 4 is 17.5 Å². The molecule has 2 aromatic carbocycles. The minimum atomic E-state index is -0.517. The molecule has 0 spiro atoms. The van der Waals surface area contributed by atoms with Gasteiger partial charge < -0.3 is 4.74 Å². The van der Waals surface area contributed by atoms with E-state index in [1.165, 1.54) is 18.2 Å². The Labute approximate surface area is 131 Å². The molecular weight excluding hydrogens is 300 g/mol. The molecule has 2 aromatic rings. The van der Waals surface area contributed by atoms with Crippen LogP contribution in [0.4, 0.5) is 5.69 Å². The first-order valence-electron chi connectivity index (χ1n) is 6.90. The zero-order valence-electron chi connectivity index (χ0n) is 12.0. The standard InChI is InChI=1S/C16H12N2O5/c19-15-13-6-1-2-7-14(13)16(20)17(15)8-9-23-12-5-3-4-11(10-12)18(21)22/h1-7,10H,8-9H2. The summed E-state index contributed by atoms with van der Waals surface area (Å²) in [7, 11) is 0. The van der Waals surface area contributed by atoms with Gasteiger partial charge in [0.1, 0.15) is 12.4 Å². The van der Waals surface area contributed by atoms with Crippen LogP contribution in [0.3, 0.4) is 0 Å². The lowest BCUT2D eigenvalue weighted by atomic mass is 10.1. The topological polar surface area (TPSA) is 89.8 Å². The Morgan fingerprint density at radius 1 is 1.00 bits per heavy atom. The second-order valence-electron chi connectivity index (χ2n) is 4.91. The maximum absolute atomic E-state index is 12.2. The molecule has 2 amide bonds. The fourth-order valence-electron chi connectivity index (χ4n) is 2.38. The van der Waals surface area contributed by atoms with Crippen molar-refractivity contribution in [2.45, 2.75) is 0 Å². The van der Waals surface area contributed by atoms with Gasteiger partial charge in [0.2, 0.25) is 0 Å². The fraction of sp³-hybridized carbons (Fsp3) is 0.125. The Bertz CT molecular complexity index is 768. The molecule has 7 heteroatoms. The van der Waals surface area contributed by atoms with Crippen molar-refractivity contribution in [3.8, 4) is 5.75 Å². The number of carbonyl (C=O) groups is 2. The minimum absolute atomic E-state index is 0.0621. The molecule has 0 bridgehead atoms. The fourth-order valence-corrected chi connectivity index (χ4v) is 2.38. The van der Waals surface area contributed by atoms with E-state index in [1.54, 1.807) is 30.3 Å². The van der Waals surface area contributed by atoms with Gasteiger partial charge in [-0.05, 0) is 18.2 Å². The summed E-state index contributed by atoms with van der Waals surface area (Å²) in [5.41, 5.74) is 0.684. The minimum Gasteiger partial charge on any atom is -0.491 e. The number of ether oxygens (including phenoxy) is 1. The molecule has 3 rings (SSSR count). The summed E-state index contributed by atoms with van der Waals surface area (Å²) in [6.07, 6.45) is 0. The zero-order chi connectivity index (χ0) is 16.4. The van der Waals surface area contributed by atoms with Crippen molar-refractivity contribution in [3.63, 3.8) is 0 Å². The van der Waals surface area contributed by atoms with E-state index >= 15 is 0 Å². The number of hydrogen-bond acceptors (Lipinski definition) is 5. The van der Waals surface area contributed by atoms with Gasteiger partial charge in [-0.1, -0.05) is 18.2 Å². The molecule has 0 saturated heterocycles. The summed E-state index contributed by atoms with van der Waals surface area (Å²) in [6.45, 7) is 0.141. The van der Waals surface area contributed by atoms with Crippen LogP contribution in [-0.2, 0) is 0 Å². The van der Waals surface area contributed by atoms with Gasteiger partial charge >= 0.3 is 0 Å². The SMILES string of the molecule is O=C1c2ccccc2C(=O)N1CCOc1cccc([N+](=O)[O-])c1. The van der Waals surface area contributed by atoms with Gasteiger partial charge in [-0.2, -0.15) is 0 Å². The number of amides is 2. The third-order valence-corrected chi connectivity index (χ3v) is 3.49. The first-order valence-corrected chi connectivity index (χ1v) is 6.90. The molecule has 1 aliphatic rings. The van der Waals surface area contributed by atoms with E-state index in [0.717, 1.165) is 4.90 Å². The Balaban J connectivity index is 1.64. The third kappa shape index (κ3) is 2.76. The lowest BCUT2D eigenvalue weighted by Gasteiger charge is -2.14. The Kier molecular flexibility index (Phi) is 3.76. The lowest BCUT2D eigenvalue weighted by Crippen LogP contribution is -2.33. The van der Waals surface area contributed by atoms with Crippen molar-refractivity contribution < 1.29 is 19.2 Å². The molecule has 0 aliphatic carbocycles. The number of fused-ring (bicyclic) bond motifs is 1. The largest absolute Gasteiger partial charge is 0.491 e. The smallest absolute Gasteiger partial charge is 0.273 e. The zero-order valence-corrected chi connectivity index (χ0v) is 12.0. The normalized spacial score (nSPS) is 13.1. The molecule has 116 valence electrons. The molecule has 0 atom stereocenters. The maximum Gasteiger partial charge on any atom is 0.273 e. The van der Waals surface area contributed by atoms with Crippen LogP contribution in [0.5, 0.6) is 5.75 Å². The average molecular weight is 312 g/mol. The van der Waals surface area contributed by atoms with Crippen LogP contribution in [0, 0.1) is 10.1 Å². The van der Waals surface area contributed by atoms with Crippen LogP contribution < -0.4 is 4.74 Å². The predicted octanol–water partition coefficient (Wildman–Crippen LogP) is 2.27. The molecule has 0 N–H and O–H groups in total. The summed E-state index contributed by atoms with van der Waals surface area (Å²) in [5, 5.41) is 10.7. The predicted molar refractivity (Wildman–Crippen MR) is 80.4 cm³/mol. The summed E-state index contributed by atoms with van der Waals surface area (Å²) >= 11 is 0. The number of carbonyl (C=O) groups excluding carboxylic acids is 2. The highest BCUT2D eigenvalue weighted by atomic mass is 16.6. The van der Waals surface area contributed by atoms with Crippen LogP contribution in [0.2, 0.25) is 0 Å². The molecule has 0 radical (unpaired) electrons. The summed E-state index contributed by atoms with van der Waals surface area (Å²) in [4.78, 5) is 35.6. The van der Waals surface area contributed by atoms with Crippen LogP contribution in [0.1, 0.15) is 20.7 Å². The third-order valence-electron chi connectivity index (χ3n) is 3.49. The first kappa shape index (κ1) is 14.7. The van der Waals surface area contributed by atoms with Crippen LogP contribution >= 0.6 is 0 Å². The Morgan fingerprint density at radius 2 is 1.65 bits per heavy atom. The average Bonchev–Trinajstić information content (AvgIpc) is 2.80. The van der Waals surface area contributed by atoms with Crippen molar-refractivity contribution in [3.05, 3.63) is 69.8 Å². The summed E-state index contributed by atoms with van der Waals surface area (Å²) in [6, 6.07) is 12.4. The van der Waals surface area contributed by atoms with Gasteiger partial charge in [-0.25, -0.2) is 0 Å². The molecule has 0 fully saturated rings. The highest BCUT2D eigenvalue weighted by Gasteiger charge is 2.34. The molecule has 0 aromatic heterocycles.